The lowest BCUT2D eigenvalue weighted by Crippen LogP contribution is -2.12. The second-order valence-electron chi connectivity index (χ2n) is 5.74. The number of hydrogen-bond acceptors (Lipinski definition) is 4. The predicted molar refractivity (Wildman–Crippen MR) is 102 cm³/mol. The van der Waals surface area contributed by atoms with E-state index in [4.69, 9.17) is 9.47 Å². The normalized spacial score (nSPS) is 10.2. The summed E-state index contributed by atoms with van der Waals surface area (Å²) in [6.45, 7) is 3.07. The molecule has 0 saturated heterocycles. The minimum atomic E-state index is -0.0101. The van der Waals surface area contributed by atoms with Gasteiger partial charge in [-0.25, -0.2) is 0 Å². The van der Waals surface area contributed by atoms with Gasteiger partial charge in [0, 0.05) is 24.3 Å². The molecule has 0 radical (unpaired) electrons. The number of carbonyl (C=O) groups excluding carboxylic acids is 1. The van der Waals surface area contributed by atoms with Gasteiger partial charge in [0.1, 0.15) is 0 Å². The summed E-state index contributed by atoms with van der Waals surface area (Å²) in [5.41, 5.74) is 2.90. The number of ether oxygens (including phenoxy) is 2. The molecule has 0 saturated carbocycles. The van der Waals surface area contributed by atoms with Crippen molar-refractivity contribution in [1.29, 1.82) is 0 Å². The molecule has 0 heterocycles. The molecule has 0 bridgehead atoms. The van der Waals surface area contributed by atoms with Crippen LogP contribution in [-0.4, -0.2) is 26.7 Å². The molecule has 5 nitrogen and oxygen atoms in total. The molecule has 0 aliphatic heterocycles. The Balaban J connectivity index is 1.86. The number of methoxy groups -OCH3 is 2. The van der Waals surface area contributed by atoms with Gasteiger partial charge >= 0.3 is 0 Å². The number of benzene rings is 2. The fourth-order valence-electron chi connectivity index (χ4n) is 2.46. The van der Waals surface area contributed by atoms with Gasteiger partial charge in [-0.1, -0.05) is 13.0 Å². The molecule has 2 N–H and O–H groups in total. The summed E-state index contributed by atoms with van der Waals surface area (Å²) in [6, 6.07) is 13.5. The number of aryl methyl sites for hydroxylation is 1. The van der Waals surface area contributed by atoms with Crippen LogP contribution >= 0.6 is 0 Å². The van der Waals surface area contributed by atoms with Crippen molar-refractivity contribution in [2.45, 2.75) is 26.2 Å². The average molecular weight is 342 g/mol. The van der Waals surface area contributed by atoms with Crippen molar-refractivity contribution in [2.24, 2.45) is 0 Å². The van der Waals surface area contributed by atoms with Crippen LogP contribution in [0.5, 0.6) is 11.5 Å². The highest BCUT2D eigenvalue weighted by atomic mass is 16.5. The lowest BCUT2D eigenvalue weighted by molar-refractivity contribution is -0.116. The van der Waals surface area contributed by atoms with E-state index < -0.39 is 0 Å². The fraction of sp³-hybridized carbons (Fsp3) is 0.350. The monoisotopic (exact) mass is 342 g/mol. The largest absolute Gasteiger partial charge is 0.493 e. The van der Waals surface area contributed by atoms with Gasteiger partial charge in [0.25, 0.3) is 0 Å². The van der Waals surface area contributed by atoms with Crippen LogP contribution in [0.15, 0.2) is 42.5 Å². The van der Waals surface area contributed by atoms with E-state index in [2.05, 4.69) is 17.6 Å². The van der Waals surface area contributed by atoms with Gasteiger partial charge in [-0.2, -0.15) is 0 Å². The summed E-state index contributed by atoms with van der Waals surface area (Å²) in [5.74, 6) is 1.35. The Bertz CT molecular complexity index is 684. The Hall–Kier alpha value is -2.69. The van der Waals surface area contributed by atoms with Gasteiger partial charge in [0.2, 0.25) is 5.91 Å². The Kier molecular flexibility index (Phi) is 7.14. The Morgan fingerprint density at radius 3 is 2.28 bits per heavy atom. The molecule has 0 spiro atoms. The van der Waals surface area contributed by atoms with Crippen LogP contribution in [0.1, 0.15) is 25.3 Å². The van der Waals surface area contributed by atoms with Gasteiger partial charge in [-0.3, -0.25) is 4.79 Å². The minimum Gasteiger partial charge on any atom is -0.493 e. The van der Waals surface area contributed by atoms with Gasteiger partial charge in [-0.05, 0) is 54.8 Å². The van der Waals surface area contributed by atoms with Crippen LogP contribution in [-0.2, 0) is 11.2 Å². The van der Waals surface area contributed by atoms with Gasteiger partial charge < -0.3 is 20.1 Å². The summed E-state index contributed by atoms with van der Waals surface area (Å²) in [4.78, 5) is 12.1. The predicted octanol–water partition coefficient (Wildman–Crippen LogP) is 4.10. The summed E-state index contributed by atoms with van der Waals surface area (Å²) in [7, 11) is 3.21. The van der Waals surface area contributed by atoms with Crippen LogP contribution in [0.2, 0.25) is 0 Å². The Labute approximate surface area is 149 Å². The number of carbonyl (C=O) groups is 1. The number of amides is 1. The lowest BCUT2D eigenvalue weighted by Gasteiger charge is -2.10. The highest BCUT2D eigenvalue weighted by molar-refractivity contribution is 5.91. The molecule has 134 valence electrons. The summed E-state index contributed by atoms with van der Waals surface area (Å²) >= 11 is 0. The first-order valence-corrected chi connectivity index (χ1v) is 8.51. The molecular weight excluding hydrogens is 316 g/mol. The average Bonchev–Trinajstić information content (AvgIpc) is 2.65. The maximum atomic E-state index is 12.1. The fourth-order valence-corrected chi connectivity index (χ4v) is 2.46. The Morgan fingerprint density at radius 1 is 0.960 bits per heavy atom. The first-order valence-electron chi connectivity index (χ1n) is 8.51. The lowest BCUT2D eigenvalue weighted by atomic mass is 10.1. The van der Waals surface area contributed by atoms with Gasteiger partial charge in [-0.15, -0.1) is 0 Å². The van der Waals surface area contributed by atoms with Crippen LogP contribution in [0.25, 0.3) is 0 Å². The number of anilines is 2. The maximum absolute atomic E-state index is 12.1. The smallest absolute Gasteiger partial charge is 0.224 e. The third-order valence-corrected chi connectivity index (χ3v) is 3.84. The summed E-state index contributed by atoms with van der Waals surface area (Å²) in [6.07, 6.45) is 2.13. The zero-order valence-electron chi connectivity index (χ0n) is 15.1. The molecule has 0 atom stereocenters. The zero-order valence-corrected chi connectivity index (χ0v) is 15.1. The van der Waals surface area contributed by atoms with Crippen molar-refractivity contribution in [1.82, 2.24) is 0 Å². The highest BCUT2D eigenvalue weighted by Crippen LogP contribution is 2.28. The van der Waals surface area contributed by atoms with Crippen LogP contribution in [0.4, 0.5) is 11.4 Å². The van der Waals surface area contributed by atoms with Crippen molar-refractivity contribution in [2.75, 3.05) is 31.4 Å². The second-order valence-corrected chi connectivity index (χ2v) is 5.74. The highest BCUT2D eigenvalue weighted by Gasteiger charge is 2.07. The van der Waals surface area contributed by atoms with Gasteiger partial charge in [0.15, 0.2) is 11.5 Å². The van der Waals surface area contributed by atoms with Crippen LogP contribution < -0.4 is 20.1 Å². The molecule has 0 aliphatic rings. The minimum absolute atomic E-state index is 0.0101. The molecule has 2 aromatic carbocycles. The number of nitrogens with one attached hydrogen (secondary N) is 2. The number of hydrogen-bond donors (Lipinski definition) is 2. The van der Waals surface area contributed by atoms with Crippen molar-refractivity contribution >= 4 is 17.3 Å². The molecule has 0 fully saturated rings. The van der Waals surface area contributed by atoms with E-state index in [0.29, 0.717) is 24.3 Å². The van der Waals surface area contributed by atoms with Crippen LogP contribution in [0.3, 0.4) is 0 Å². The molecule has 0 aliphatic carbocycles. The summed E-state index contributed by atoms with van der Waals surface area (Å²) in [5, 5.41) is 6.23. The van der Waals surface area contributed by atoms with E-state index in [1.165, 1.54) is 0 Å². The Morgan fingerprint density at radius 2 is 1.64 bits per heavy atom. The quantitative estimate of drug-likeness (QED) is 0.720. The van der Waals surface area contributed by atoms with E-state index in [0.717, 1.165) is 29.9 Å². The molecule has 2 rings (SSSR count). The van der Waals surface area contributed by atoms with Crippen LogP contribution in [0, 0.1) is 0 Å². The standard InChI is InChI=1S/C20H26N2O3/c1-4-13-21-16-7-9-17(10-8-16)22-20(23)12-6-15-5-11-18(24-2)19(14-15)25-3/h5,7-11,14,21H,4,6,12-13H2,1-3H3,(H,22,23). The molecular formula is C20H26N2O3. The molecule has 0 unspecified atom stereocenters. The topological polar surface area (TPSA) is 59.6 Å². The SMILES string of the molecule is CCCNc1ccc(NC(=O)CCc2ccc(OC)c(OC)c2)cc1. The van der Waals surface area contributed by atoms with Crippen molar-refractivity contribution < 1.29 is 14.3 Å². The molecule has 1 amide bonds. The zero-order chi connectivity index (χ0) is 18.1. The van der Waals surface area contributed by atoms with Crippen molar-refractivity contribution in [3.05, 3.63) is 48.0 Å². The van der Waals surface area contributed by atoms with E-state index in [1.807, 2.05) is 42.5 Å². The van der Waals surface area contributed by atoms with Crippen molar-refractivity contribution in [3.63, 3.8) is 0 Å². The first kappa shape index (κ1) is 18.6. The van der Waals surface area contributed by atoms with Crippen molar-refractivity contribution in [3.8, 4) is 11.5 Å². The molecule has 0 aromatic heterocycles. The maximum Gasteiger partial charge on any atom is 0.224 e. The third kappa shape index (κ3) is 5.71. The first-order chi connectivity index (χ1) is 12.2. The van der Waals surface area contributed by atoms with E-state index in [-0.39, 0.29) is 5.91 Å². The number of rotatable bonds is 9. The second kappa shape index (κ2) is 9.57. The molecule has 5 heteroatoms. The van der Waals surface area contributed by atoms with E-state index in [1.54, 1.807) is 14.2 Å². The molecule has 25 heavy (non-hydrogen) atoms. The van der Waals surface area contributed by atoms with E-state index >= 15 is 0 Å². The third-order valence-electron chi connectivity index (χ3n) is 3.84. The summed E-state index contributed by atoms with van der Waals surface area (Å²) < 4.78 is 10.5. The molecule has 2 aromatic rings. The van der Waals surface area contributed by atoms with Gasteiger partial charge in [0.05, 0.1) is 14.2 Å². The van der Waals surface area contributed by atoms with E-state index in [9.17, 15) is 4.79 Å².